The number of hydrogen-bond donors (Lipinski definition) is 0. The van der Waals surface area contributed by atoms with Gasteiger partial charge in [0.25, 0.3) is 5.56 Å². The smallest absolute Gasteiger partial charge is 0.300 e. The molecule has 0 aliphatic rings. The molecule has 0 amide bonds. The molecule has 0 saturated carbocycles. The molecule has 6 nitrogen and oxygen atoms in total. The predicted octanol–water partition coefficient (Wildman–Crippen LogP) is 0.0692. The second kappa shape index (κ2) is 6.00. The van der Waals surface area contributed by atoms with Gasteiger partial charge < -0.3 is 0 Å². The van der Waals surface area contributed by atoms with Crippen LogP contribution in [0.3, 0.4) is 0 Å². The number of hydrogen-bond acceptors (Lipinski definition) is 4. The quantitative estimate of drug-likeness (QED) is 0.671. The van der Waals surface area contributed by atoms with Crippen molar-refractivity contribution in [2.24, 2.45) is 0 Å². The van der Waals surface area contributed by atoms with Crippen LogP contribution in [-0.4, -0.2) is 29.1 Å². The van der Waals surface area contributed by atoms with Crippen LogP contribution in [0.25, 0.3) is 0 Å². The van der Waals surface area contributed by atoms with E-state index in [1.54, 1.807) is 6.92 Å². The maximum Gasteiger partial charge on any atom is 0.331 e. The highest BCUT2D eigenvalue weighted by atomic mass is 127. The van der Waals surface area contributed by atoms with Crippen LogP contribution in [-0.2, 0) is 22.9 Å². The molecular weight excluding hydrogens is 371 g/mol. The van der Waals surface area contributed by atoms with Gasteiger partial charge in [-0.2, -0.15) is 0 Å². The molecule has 18 heavy (non-hydrogen) atoms. The van der Waals surface area contributed by atoms with Gasteiger partial charge in [0.2, 0.25) is 0 Å². The van der Waals surface area contributed by atoms with Gasteiger partial charge in [-0.05, 0) is 29.5 Å². The summed E-state index contributed by atoms with van der Waals surface area (Å²) in [5.41, 5.74) is -0.897. The first-order valence-electron chi connectivity index (χ1n) is 5.52. The van der Waals surface area contributed by atoms with Crippen molar-refractivity contribution in [2.45, 2.75) is 26.9 Å². The van der Waals surface area contributed by atoms with Crippen LogP contribution in [0.5, 0.6) is 0 Å². The van der Waals surface area contributed by atoms with E-state index < -0.39 is 21.1 Å². The van der Waals surface area contributed by atoms with Crippen LogP contribution in [0.15, 0.2) is 15.8 Å². The van der Waals surface area contributed by atoms with E-state index in [9.17, 15) is 18.0 Å². The molecule has 0 unspecified atom stereocenters. The zero-order chi connectivity index (χ0) is 13.9. The topological polar surface area (TPSA) is 78.1 Å². The number of sulfone groups is 1. The number of halogens is 1. The fourth-order valence-electron chi connectivity index (χ4n) is 1.42. The molecule has 1 aromatic rings. The molecule has 102 valence electrons. The Labute approximate surface area is 119 Å². The van der Waals surface area contributed by atoms with Crippen molar-refractivity contribution < 1.29 is 8.42 Å². The lowest BCUT2D eigenvalue weighted by molar-refractivity contribution is 0.563. The largest absolute Gasteiger partial charge is 0.331 e. The third kappa shape index (κ3) is 3.44. The van der Waals surface area contributed by atoms with E-state index in [1.165, 1.54) is 17.7 Å². The van der Waals surface area contributed by atoms with Crippen LogP contribution in [0.2, 0.25) is 0 Å². The van der Waals surface area contributed by atoms with Gasteiger partial charge >= 0.3 is 5.69 Å². The van der Waals surface area contributed by atoms with Crippen molar-refractivity contribution in [1.29, 1.82) is 0 Å². The summed E-state index contributed by atoms with van der Waals surface area (Å²) in [7, 11) is -3.19. The van der Waals surface area contributed by atoms with Crippen molar-refractivity contribution in [3.63, 3.8) is 0 Å². The fourth-order valence-corrected chi connectivity index (χ4v) is 2.79. The van der Waals surface area contributed by atoms with Crippen molar-refractivity contribution in [2.75, 3.05) is 11.5 Å². The highest BCUT2D eigenvalue weighted by Crippen LogP contribution is 1.96. The summed E-state index contributed by atoms with van der Waals surface area (Å²) in [5, 5.41) is 0. The molecule has 0 aliphatic heterocycles. The summed E-state index contributed by atoms with van der Waals surface area (Å²) in [4.78, 5) is 23.7. The van der Waals surface area contributed by atoms with Crippen LogP contribution in [0, 0.1) is 3.57 Å². The number of aromatic nitrogens is 2. The lowest BCUT2D eigenvalue weighted by atomic mass is 10.5. The lowest BCUT2D eigenvalue weighted by Gasteiger charge is -2.09. The fraction of sp³-hybridized carbons (Fsp3) is 0.600. The summed E-state index contributed by atoms with van der Waals surface area (Å²) in [6.07, 6.45) is 1.48. The van der Waals surface area contributed by atoms with Gasteiger partial charge in [-0.3, -0.25) is 13.9 Å². The summed E-state index contributed by atoms with van der Waals surface area (Å²) in [6, 6.07) is 0. The summed E-state index contributed by atoms with van der Waals surface area (Å²) < 4.78 is 25.6. The summed E-state index contributed by atoms with van der Waals surface area (Å²) in [6.45, 7) is 3.67. The van der Waals surface area contributed by atoms with Gasteiger partial charge in [-0.25, -0.2) is 13.2 Å². The van der Waals surface area contributed by atoms with E-state index in [4.69, 9.17) is 0 Å². The first-order valence-corrected chi connectivity index (χ1v) is 8.42. The summed E-state index contributed by atoms with van der Waals surface area (Å²) in [5.74, 6) is -0.184. The van der Waals surface area contributed by atoms with Gasteiger partial charge in [0.1, 0.15) is 0 Å². The number of aryl methyl sites for hydroxylation is 1. The average Bonchev–Trinajstić information content (AvgIpc) is 2.33. The van der Waals surface area contributed by atoms with Crippen molar-refractivity contribution in [3.05, 3.63) is 30.6 Å². The molecule has 0 saturated heterocycles. The van der Waals surface area contributed by atoms with Crippen molar-refractivity contribution in [1.82, 2.24) is 9.13 Å². The first-order chi connectivity index (χ1) is 8.32. The first kappa shape index (κ1) is 15.4. The molecule has 0 radical (unpaired) electrons. The normalized spacial score (nSPS) is 11.7. The minimum atomic E-state index is -3.19. The maximum atomic E-state index is 11.9. The zero-order valence-corrected chi connectivity index (χ0v) is 13.2. The Morgan fingerprint density at radius 3 is 2.39 bits per heavy atom. The number of rotatable bonds is 5. The highest BCUT2D eigenvalue weighted by Gasteiger charge is 2.13. The molecule has 8 heteroatoms. The van der Waals surface area contributed by atoms with E-state index in [2.05, 4.69) is 0 Å². The Hall–Kier alpha value is -0.640. The molecule has 1 aromatic heterocycles. The average molecular weight is 386 g/mol. The van der Waals surface area contributed by atoms with Crippen molar-refractivity contribution >= 4 is 32.4 Å². The van der Waals surface area contributed by atoms with Gasteiger partial charge in [-0.15, -0.1) is 0 Å². The Morgan fingerprint density at radius 2 is 1.89 bits per heavy atom. The molecule has 1 heterocycles. The van der Waals surface area contributed by atoms with Gasteiger partial charge in [-0.1, -0.05) is 6.92 Å². The van der Waals surface area contributed by atoms with Crippen LogP contribution >= 0.6 is 22.6 Å². The number of nitrogens with zero attached hydrogens (tertiary/aromatic N) is 2. The Bertz CT molecular complexity index is 645. The second-order valence-corrected chi connectivity index (χ2v) is 7.37. The SMILES string of the molecule is CCn1cc(I)c(=O)n(CCS(=O)(=O)CC)c1=O. The van der Waals surface area contributed by atoms with E-state index >= 15 is 0 Å². The van der Waals surface area contributed by atoms with Gasteiger partial charge in [0.05, 0.1) is 9.32 Å². The second-order valence-electron chi connectivity index (χ2n) is 3.74. The van der Waals surface area contributed by atoms with Crippen LogP contribution in [0.1, 0.15) is 13.8 Å². The standard InChI is InChI=1S/C10H15IN2O4S/c1-3-12-7-8(11)9(14)13(10(12)15)5-6-18(16,17)4-2/h7H,3-6H2,1-2H3. The molecule has 0 atom stereocenters. The maximum absolute atomic E-state index is 11.9. The summed E-state index contributed by atoms with van der Waals surface area (Å²) >= 11 is 1.84. The van der Waals surface area contributed by atoms with Crippen LogP contribution in [0.4, 0.5) is 0 Å². The van der Waals surface area contributed by atoms with E-state index in [0.717, 1.165) is 4.57 Å². The van der Waals surface area contributed by atoms with E-state index in [-0.39, 0.29) is 18.1 Å². The highest BCUT2D eigenvalue weighted by molar-refractivity contribution is 14.1. The molecule has 0 fully saturated rings. The van der Waals surface area contributed by atoms with Gasteiger partial charge in [0, 0.05) is 25.0 Å². The minimum absolute atomic E-state index is 0.00758. The molecule has 0 N–H and O–H groups in total. The zero-order valence-electron chi connectivity index (χ0n) is 10.2. The van der Waals surface area contributed by atoms with Crippen LogP contribution < -0.4 is 11.2 Å². The molecule has 0 aliphatic carbocycles. The third-order valence-corrected chi connectivity index (χ3v) is 5.03. The third-order valence-electron chi connectivity index (χ3n) is 2.60. The van der Waals surface area contributed by atoms with E-state index in [0.29, 0.717) is 10.1 Å². The Kier molecular flexibility index (Phi) is 5.14. The molecule has 0 spiro atoms. The lowest BCUT2D eigenvalue weighted by Crippen LogP contribution is -2.42. The molecule has 1 rings (SSSR count). The minimum Gasteiger partial charge on any atom is -0.300 e. The monoisotopic (exact) mass is 386 g/mol. The van der Waals surface area contributed by atoms with Gasteiger partial charge in [0.15, 0.2) is 9.84 Å². The molecular formula is C10H15IN2O4S. The predicted molar refractivity (Wildman–Crippen MR) is 77.7 cm³/mol. The van der Waals surface area contributed by atoms with E-state index in [1.807, 2.05) is 22.6 Å². The van der Waals surface area contributed by atoms with Crippen molar-refractivity contribution in [3.8, 4) is 0 Å². The molecule has 0 bridgehead atoms. The molecule has 0 aromatic carbocycles. The Morgan fingerprint density at radius 1 is 1.28 bits per heavy atom. The Balaban J connectivity index is 3.21.